The van der Waals surface area contributed by atoms with Gasteiger partial charge in [0.15, 0.2) is 5.58 Å². The van der Waals surface area contributed by atoms with Crippen LogP contribution in [0, 0.1) is 0 Å². The monoisotopic (exact) mass is 959 g/mol. The molecule has 75 heavy (non-hydrogen) atoms. The first-order valence-electron chi connectivity index (χ1n) is 24.6. The summed E-state index contributed by atoms with van der Waals surface area (Å²) in [6.07, 6.45) is 10.9. The number of aromatic nitrogens is 9. The molecule has 0 aliphatic rings. The fourth-order valence-corrected chi connectivity index (χ4v) is 10.6. The Kier molecular flexibility index (Phi) is 9.64. The van der Waals surface area contributed by atoms with Gasteiger partial charge in [0.25, 0.3) is 0 Å². The molecule has 0 amide bonds. The molecule has 0 aliphatic carbocycles. The van der Waals surface area contributed by atoms with Crippen molar-refractivity contribution >= 4 is 76.5 Å². The second-order valence-corrected chi connectivity index (χ2v) is 18.6. The molecule has 0 spiro atoms. The van der Waals surface area contributed by atoms with Gasteiger partial charge in [-0.05, 0) is 113 Å². The molecule has 0 radical (unpaired) electrons. The van der Waals surface area contributed by atoms with E-state index in [1.165, 1.54) is 0 Å². The van der Waals surface area contributed by atoms with Gasteiger partial charge in [-0.3, -0.25) is 29.9 Å². The van der Waals surface area contributed by atoms with Gasteiger partial charge in [-0.25, -0.2) is 15.0 Å². The van der Waals surface area contributed by atoms with Gasteiger partial charge in [0.05, 0.1) is 50.4 Å². The lowest BCUT2D eigenvalue weighted by molar-refractivity contribution is 0.623. The number of rotatable bonds is 7. The largest absolute Gasteiger partial charge is 0.435 e. The van der Waals surface area contributed by atoms with E-state index >= 15 is 0 Å². The normalized spacial score (nSPS) is 11.7. The van der Waals surface area contributed by atoms with Crippen LogP contribution in [0.1, 0.15) is 0 Å². The molecule has 0 unspecified atom stereocenters. The quantitative estimate of drug-likeness (QED) is 0.142. The van der Waals surface area contributed by atoms with Gasteiger partial charge < -0.3 is 4.42 Å². The molecule has 0 N–H and O–H groups in total. The average molecular weight is 960 g/mol. The van der Waals surface area contributed by atoms with E-state index in [9.17, 15) is 0 Å². The maximum Gasteiger partial charge on any atom is 0.227 e. The molecule has 15 rings (SSSR count). The van der Waals surface area contributed by atoms with Crippen LogP contribution in [-0.4, -0.2) is 44.9 Å². The number of fused-ring (bicyclic) bond motifs is 10. The minimum atomic E-state index is 0.451. The minimum absolute atomic E-state index is 0.451. The van der Waals surface area contributed by atoms with Gasteiger partial charge in [0, 0.05) is 97.3 Å². The lowest BCUT2D eigenvalue weighted by Gasteiger charge is -2.16. The Morgan fingerprint density at radius 1 is 0.253 bits per heavy atom. The maximum absolute atomic E-state index is 6.99. The zero-order valence-electron chi connectivity index (χ0n) is 39.8. The van der Waals surface area contributed by atoms with Crippen LogP contribution in [0.4, 0.5) is 0 Å². The average Bonchev–Trinajstić information content (AvgIpc) is 3.96. The fourth-order valence-electron chi connectivity index (χ4n) is 10.6. The molecular weight excluding hydrogens is 923 g/mol. The summed E-state index contributed by atoms with van der Waals surface area (Å²) in [5, 5.41) is 5.78. The number of para-hydroxylation sites is 4. The second kappa shape index (κ2) is 17.1. The van der Waals surface area contributed by atoms with E-state index in [0.29, 0.717) is 17.0 Å². The van der Waals surface area contributed by atoms with Crippen LogP contribution in [0.15, 0.2) is 230 Å². The molecule has 0 saturated heterocycles. The van der Waals surface area contributed by atoms with Crippen molar-refractivity contribution in [1.29, 1.82) is 0 Å². The van der Waals surface area contributed by atoms with Gasteiger partial charge in [-0.2, -0.15) is 0 Å². The molecule has 348 valence electrons. The molecule has 0 bridgehead atoms. The zero-order chi connectivity index (χ0) is 49.4. The number of benzene rings is 6. The summed E-state index contributed by atoms with van der Waals surface area (Å²) >= 11 is 0. The van der Waals surface area contributed by atoms with Crippen molar-refractivity contribution in [1.82, 2.24) is 44.9 Å². The highest BCUT2D eigenvalue weighted by Crippen LogP contribution is 2.42. The third-order valence-electron chi connectivity index (χ3n) is 14.1. The third-order valence-corrected chi connectivity index (χ3v) is 14.1. The number of oxazole rings is 1. The summed E-state index contributed by atoms with van der Waals surface area (Å²) in [5.74, 6) is 0.451. The molecule has 0 atom stereocenters. The Bertz CT molecular complexity index is 4310. The first-order chi connectivity index (χ1) is 37.1. The van der Waals surface area contributed by atoms with Crippen LogP contribution in [0.2, 0.25) is 0 Å². The lowest BCUT2D eigenvalue weighted by Crippen LogP contribution is -1.96. The minimum Gasteiger partial charge on any atom is -0.435 e. The molecular formula is C65H37N9O. The lowest BCUT2D eigenvalue weighted by atomic mass is 9.92. The number of hydrogen-bond acceptors (Lipinski definition) is 10. The Morgan fingerprint density at radius 3 is 0.987 bits per heavy atom. The summed E-state index contributed by atoms with van der Waals surface area (Å²) < 4.78 is 6.99. The van der Waals surface area contributed by atoms with E-state index in [2.05, 4.69) is 140 Å². The van der Waals surface area contributed by atoms with E-state index in [1.54, 1.807) is 12.4 Å². The van der Waals surface area contributed by atoms with Gasteiger partial charge in [0.1, 0.15) is 11.0 Å². The SMILES string of the molecule is c1cnc2c(-c3cc(-c4cc(-c5cc(-c6cccc7cccnc67)nc(-c6cccc7cccnc67)c5)cc(-c5nc6c7cccnc7c7ncccc7c6o5)c4)cc(-c4cccc5cccnc45)n3)cccc2c1. The first kappa shape index (κ1) is 42.3. The maximum atomic E-state index is 6.99. The summed E-state index contributed by atoms with van der Waals surface area (Å²) in [6, 6.07) is 64.2. The van der Waals surface area contributed by atoms with Gasteiger partial charge in [-0.1, -0.05) is 97.1 Å². The Labute approximate surface area is 427 Å². The Morgan fingerprint density at radius 2 is 0.573 bits per heavy atom. The van der Waals surface area contributed by atoms with Crippen molar-refractivity contribution in [2.45, 2.75) is 0 Å². The van der Waals surface area contributed by atoms with Gasteiger partial charge in [-0.15, -0.1) is 0 Å². The first-order valence-corrected chi connectivity index (χ1v) is 24.6. The molecule has 9 heterocycles. The van der Waals surface area contributed by atoms with Crippen LogP contribution in [-0.2, 0) is 0 Å². The van der Waals surface area contributed by atoms with Crippen molar-refractivity contribution < 1.29 is 4.42 Å². The van der Waals surface area contributed by atoms with E-state index in [-0.39, 0.29) is 0 Å². The van der Waals surface area contributed by atoms with Crippen molar-refractivity contribution in [3.8, 4) is 78.7 Å². The molecule has 15 aromatic rings. The van der Waals surface area contributed by atoms with Crippen molar-refractivity contribution in [2.24, 2.45) is 0 Å². The fraction of sp³-hybridized carbons (Fsp3) is 0. The zero-order valence-corrected chi connectivity index (χ0v) is 39.8. The van der Waals surface area contributed by atoms with Crippen molar-refractivity contribution in [2.75, 3.05) is 0 Å². The Balaban J connectivity index is 1.03. The van der Waals surface area contributed by atoms with Gasteiger partial charge >= 0.3 is 0 Å². The second-order valence-electron chi connectivity index (χ2n) is 18.6. The number of pyridine rings is 8. The van der Waals surface area contributed by atoms with Crippen LogP contribution in [0.3, 0.4) is 0 Å². The molecule has 10 heteroatoms. The van der Waals surface area contributed by atoms with Crippen LogP contribution < -0.4 is 0 Å². The van der Waals surface area contributed by atoms with E-state index in [0.717, 1.165) is 138 Å². The Hall–Kier alpha value is -10.5. The highest BCUT2D eigenvalue weighted by atomic mass is 16.3. The molecule has 10 nitrogen and oxygen atoms in total. The molecule has 0 saturated carbocycles. The van der Waals surface area contributed by atoms with Gasteiger partial charge in [0.2, 0.25) is 5.89 Å². The van der Waals surface area contributed by atoms with Crippen molar-refractivity contribution in [3.63, 3.8) is 0 Å². The highest BCUT2D eigenvalue weighted by Gasteiger charge is 2.22. The summed E-state index contributed by atoms with van der Waals surface area (Å²) in [4.78, 5) is 45.4. The molecule has 0 aliphatic heterocycles. The number of hydrogen-bond donors (Lipinski definition) is 0. The third kappa shape index (κ3) is 7.15. The van der Waals surface area contributed by atoms with Crippen LogP contribution in [0.25, 0.3) is 155 Å². The predicted molar refractivity (Wildman–Crippen MR) is 299 cm³/mol. The summed E-state index contributed by atoms with van der Waals surface area (Å²) in [5.41, 5.74) is 17.5. The standard InChI is InChI=1S/C65H37N9O/c1-11-38-15-5-25-66-57(38)47(19-1)53-34-44(35-54(72-53)48-20-2-12-39-16-6-26-67-58(39)48)42-31-43(33-46(32-42)65-74-63-51-23-9-29-70-61(51)62-52(64(63)75-65)24-10-30-71-62)45-36-55(49-21-3-13-40-17-7-27-68-59(40)49)73-56(37-45)50-22-4-14-41-18-8-28-69-60(41)50/h1-37H. The van der Waals surface area contributed by atoms with Crippen LogP contribution >= 0.6 is 0 Å². The molecule has 6 aromatic carbocycles. The molecule has 0 fully saturated rings. The van der Waals surface area contributed by atoms with E-state index in [4.69, 9.17) is 49.3 Å². The van der Waals surface area contributed by atoms with Crippen LogP contribution in [0.5, 0.6) is 0 Å². The number of nitrogens with zero attached hydrogens (tertiary/aromatic N) is 9. The van der Waals surface area contributed by atoms with E-state index < -0.39 is 0 Å². The highest BCUT2D eigenvalue weighted by molar-refractivity contribution is 6.20. The molecule has 9 aromatic heterocycles. The smallest absolute Gasteiger partial charge is 0.227 e. The summed E-state index contributed by atoms with van der Waals surface area (Å²) in [7, 11) is 0. The predicted octanol–water partition coefficient (Wildman–Crippen LogP) is 15.6. The summed E-state index contributed by atoms with van der Waals surface area (Å²) in [6.45, 7) is 0. The van der Waals surface area contributed by atoms with Crippen molar-refractivity contribution in [3.05, 3.63) is 225 Å². The topological polar surface area (TPSA) is 129 Å². The van der Waals surface area contributed by atoms with E-state index in [1.807, 2.05) is 73.3 Å².